The molecule has 1 heterocycles. The molecule has 0 radical (unpaired) electrons. The summed E-state index contributed by atoms with van der Waals surface area (Å²) in [6, 6.07) is 3.72. The molecule has 2 rings (SSSR count). The van der Waals surface area contributed by atoms with Crippen molar-refractivity contribution in [2.24, 2.45) is 0 Å². The molecule has 24 heavy (non-hydrogen) atoms. The number of anilines is 1. The van der Waals surface area contributed by atoms with Gasteiger partial charge in [0.25, 0.3) is 5.91 Å². The van der Waals surface area contributed by atoms with E-state index in [9.17, 15) is 19.2 Å². The second kappa shape index (κ2) is 7.12. The Morgan fingerprint density at radius 1 is 1.33 bits per heavy atom. The fourth-order valence-electron chi connectivity index (χ4n) is 2.19. The summed E-state index contributed by atoms with van der Waals surface area (Å²) < 4.78 is 5.28. The summed E-state index contributed by atoms with van der Waals surface area (Å²) in [4.78, 5) is 47.5. The molecule has 0 saturated carbocycles. The summed E-state index contributed by atoms with van der Waals surface area (Å²) in [5.41, 5.74) is 0.860. The van der Waals surface area contributed by atoms with E-state index in [1.165, 1.54) is 11.8 Å². The van der Waals surface area contributed by atoms with Crippen molar-refractivity contribution in [3.05, 3.63) is 23.8 Å². The Kier molecular flexibility index (Phi) is 5.18. The second-order valence-electron chi connectivity index (χ2n) is 5.47. The number of likely N-dealkylation sites (N-methyl/N-ethyl adjacent to an activating group) is 1. The van der Waals surface area contributed by atoms with Gasteiger partial charge in [0.1, 0.15) is 11.8 Å². The van der Waals surface area contributed by atoms with Gasteiger partial charge in [-0.1, -0.05) is 0 Å². The normalized spacial score (nSPS) is 14.4. The summed E-state index contributed by atoms with van der Waals surface area (Å²) in [7, 11) is 1.60. The van der Waals surface area contributed by atoms with Gasteiger partial charge >= 0.3 is 5.97 Å². The molecule has 0 saturated heterocycles. The fraction of sp³-hybridized carbons (Fsp3) is 0.375. The number of rotatable bonds is 6. The summed E-state index contributed by atoms with van der Waals surface area (Å²) in [6.07, 6.45) is -0.172. The number of ether oxygens (including phenoxy) is 1. The van der Waals surface area contributed by atoms with Crippen LogP contribution in [0.25, 0.3) is 0 Å². The summed E-state index contributed by atoms with van der Waals surface area (Å²) in [6.45, 7) is 1.30. The smallest absolute Gasteiger partial charge is 0.325 e. The third kappa shape index (κ3) is 3.89. The van der Waals surface area contributed by atoms with Gasteiger partial charge in [-0.2, -0.15) is 0 Å². The molecule has 1 aromatic rings. The first-order valence-corrected chi connectivity index (χ1v) is 7.38. The predicted molar refractivity (Wildman–Crippen MR) is 84.2 cm³/mol. The van der Waals surface area contributed by atoms with Crippen molar-refractivity contribution >= 4 is 29.3 Å². The largest absolute Gasteiger partial charge is 0.482 e. The lowest BCUT2D eigenvalue weighted by atomic mass is 10.0. The Labute approximate surface area is 138 Å². The van der Waals surface area contributed by atoms with Crippen LogP contribution in [0.2, 0.25) is 0 Å². The molecule has 1 aliphatic rings. The standard InChI is InChI=1S/C16H18N2O6/c1-9(16(22)23)17-14(20)6-4-12(19)10-3-5-13-11(7-10)18(2)15(21)8-24-13/h3,5,7,9H,4,6,8H2,1-2H3,(H,17,20)(H,22,23). The van der Waals surface area contributed by atoms with Crippen LogP contribution in [0, 0.1) is 0 Å². The van der Waals surface area contributed by atoms with Crippen LogP contribution in [0.3, 0.4) is 0 Å². The van der Waals surface area contributed by atoms with Crippen LogP contribution in [0.4, 0.5) is 5.69 Å². The number of Topliss-reactive ketones (excluding diaryl/α,β-unsaturated/α-hetero) is 1. The van der Waals surface area contributed by atoms with E-state index in [0.717, 1.165) is 0 Å². The van der Waals surface area contributed by atoms with Crippen molar-refractivity contribution in [1.29, 1.82) is 0 Å². The van der Waals surface area contributed by atoms with E-state index in [1.807, 2.05) is 0 Å². The third-order valence-corrected chi connectivity index (χ3v) is 3.69. The van der Waals surface area contributed by atoms with Gasteiger partial charge in [0, 0.05) is 25.5 Å². The molecule has 0 spiro atoms. The number of carboxylic acids is 1. The average molecular weight is 334 g/mol. The highest BCUT2D eigenvalue weighted by molar-refractivity contribution is 6.02. The number of hydrogen-bond donors (Lipinski definition) is 2. The Morgan fingerprint density at radius 2 is 2.04 bits per heavy atom. The van der Waals surface area contributed by atoms with Crippen LogP contribution in [0.15, 0.2) is 18.2 Å². The highest BCUT2D eigenvalue weighted by Gasteiger charge is 2.23. The van der Waals surface area contributed by atoms with Gasteiger partial charge < -0.3 is 20.1 Å². The number of carbonyl (C=O) groups is 4. The molecule has 0 bridgehead atoms. The maximum atomic E-state index is 12.2. The minimum atomic E-state index is -1.14. The first-order chi connectivity index (χ1) is 11.3. The number of hydrogen-bond acceptors (Lipinski definition) is 5. The summed E-state index contributed by atoms with van der Waals surface area (Å²) >= 11 is 0. The molecule has 1 atom stereocenters. The van der Waals surface area contributed by atoms with E-state index in [0.29, 0.717) is 17.0 Å². The molecule has 1 aliphatic heterocycles. The Bertz CT molecular complexity index is 700. The average Bonchev–Trinajstić information content (AvgIpc) is 2.55. The topological polar surface area (TPSA) is 113 Å². The van der Waals surface area contributed by atoms with Gasteiger partial charge in [-0.25, -0.2) is 0 Å². The fourth-order valence-corrected chi connectivity index (χ4v) is 2.19. The zero-order valence-electron chi connectivity index (χ0n) is 13.4. The van der Waals surface area contributed by atoms with Gasteiger partial charge in [-0.15, -0.1) is 0 Å². The van der Waals surface area contributed by atoms with Crippen molar-refractivity contribution in [3.63, 3.8) is 0 Å². The second-order valence-corrected chi connectivity index (χ2v) is 5.47. The number of fused-ring (bicyclic) bond motifs is 1. The Balaban J connectivity index is 1.99. The van der Waals surface area contributed by atoms with E-state index in [4.69, 9.17) is 9.84 Å². The SMILES string of the molecule is CC(NC(=O)CCC(=O)c1ccc2c(c1)N(C)C(=O)CO2)C(=O)O. The van der Waals surface area contributed by atoms with Crippen LogP contribution < -0.4 is 15.0 Å². The molecule has 2 N–H and O–H groups in total. The zero-order valence-corrected chi connectivity index (χ0v) is 13.4. The first kappa shape index (κ1) is 17.5. The lowest BCUT2D eigenvalue weighted by molar-refractivity contribution is -0.141. The molecule has 8 heteroatoms. The molecule has 128 valence electrons. The van der Waals surface area contributed by atoms with E-state index in [1.54, 1.807) is 25.2 Å². The van der Waals surface area contributed by atoms with Gasteiger partial charge in [-0.3, -0.25) is 19.2 Å². The first-order valence-electron chi connectivity index (χ1n) is 7.38. The molecular weight excluding hydrogens is 316 g/mol. The van der Waals surface area contributed by atoms with Crippen LogP contribution in [-0.2, 0) is 14.4 Å². The highest BCUT2D eigenvalue weighted by atomic mass is 16.5. The van der Waals surface area contributed by atoms with E-state index < -0.39 is 17.9 Å². The molecule has 2 amide bonds. The van der Waals surface area contributed by atoms with Crippen molar-refractivity contribution in [1.82, 2.24) is 5.32 Å². The lowest BCUT2D eigenvalue weighted by Gasteiger charge is -2.26. The van der Waals surface area contributed by atoms with Crippen molar-refractivity contribution < 1.29 is 29.0 Å². The number of nitrogens with one attached hydrogen (secondary N) is 1. The highest BCUT2D eigenvalue weighted by Crippen LogP contribution is 2.32. The number of ketones is 1. The number of carbonyl (C=O) groups excluding carboxylic acids is 3. The van der Waals surface area contributed by atoms with Crippen molar-refractivity contribution in [2.75, 3.05) is 18.6 Å². The quantitative estimate of drug-likeness (QED) is 0.736. The molecule has 0 aromatic heterocycles. The predicted octanol–water partition coefficient (Wildman–Crippen LogP) is 0.594. The molecule has 0 fully saturated rings. The number of benzene rings is 1. The van der Waals surface area contributed by atoms with Crippen LogP contribution in [0.1, 0.15) is 30.1 Å². The van der Waals surface area contributed by atoms with Crippen LogP contribution in [0.5, 0.6) is 5.75 Å². The monoisotopic (exact) mass is 334 g/mol. The summed E-state index contributed by atoms with van der Waals surface area (Å²) in [5.74, 6) is -1.62. The number of carboxylic acid groups (broad SMARTS) is 1. The molecular formula is C16H18N2O6. The number of nitrogens with zero attached hydrogens (tertiary/aromatic N) is 1. The maximum absolute atomic E-state index is 12.2. The molecule has 1 unspecified atom stereocenters. The number of amides is 2. The lowest BCUT2D eigenvalue weighted by Crippen LogP contribution is -2.38. The van der Waals surface area contributed by atoms with E-state index in [2.05, 4.69) is 5.32 Å². The van der Waals surface area contributed by atoms with Crippen LogP contribution in [-0.4, -0.2) is 48.4 Å². The molecule has 8 nitrogen and oxygen atoms in total. The van der Waals surface area contributed by atoms with Gasteiger partial charge in [0.15, 0.2) is 12.4 Å². The molecule has 1 aromatic carbocycles. The van der Waals surface area contributed by atoms with Gasteiger partial charge in [0.05, 0.1) is 5.69 Å². The molecule has 0 aliphatic carbocycles. The minimum Gasteiger partial charge on any atom is -0.482 e. The number of aliphatic carboxylic acids is 1. The minimum absolute atomic E-state index is 0.0429. The van der Waals surface area contributed by atoms with Crippen LogP contribution >= 0.6 is 0 Å². The Morgan fingerprint density at radius 3 is 2.71 bits per heavy atom. The van der Waals surface area contributed by atoms with Gasteiger partial charge in [-0.05, 0) is 25.1 Å². The third-order valence-electron chi connectivity index (χ3n) is 3.69. The van der Waals surface area contributed by atoms with E-state index >= 15 is 0 Å². The van der Waals surface area contributed by atoms with Crippen molar-refractivity contribution in [3.8, 4) is 5.75 Å². The van der Waals surface area contributed by atoms with Gasteiger partial charge in [0.2, 0.25) is 5.91 Å². The Hall–Kier alpha value is -2.90. The van der Waals surface area contributed by atoms with E-state index in [-0.39, 0.29) is 31.1 Å². The maximum Gasteiger partial charge on any atom is 0.325 e. The summed E-state index contributed by atoms with van der Waals surface area (Å²) in [5, 5.41) is 11.0. The van der Waals surface area contributed by atoms with Crippen molar-refractivity contribution in [2.45, 2.75) is 25.8 Å². The zero-order chi connectivity index (χ0) is 17.9.